The number of rotatable bonds is 2. The van der Waals surface area contributed by atoms with Crippen LogP contribution in [-0.2, 0) is 4.84 Å². The molecular formula is C18H20N4O. The SMILES string of the molecule is CC1CC(c2ccccc2)CC2(C1)N=C(c1cnccn1)NO2. The minimum absolute atomic E-state index is 0.465. The summed E-state index contributed by atoms with van der Waals surface area (Å²) in [6.45, 7) is 2.27. The summed E-state index contributed by atoms with van der Waals surface area (Å²) in [6, 6.07) is 10.7. The Morgan fingerprint density at radius 3 is 2.83 bits per heavy atom. The van der Waals surface area contributed by atoms with Crippen LogP contribution in [-0.4, -0.2) is 21.5 Å². The molecule has 2 aliphatic rings. The Hall–Kier alpha value is -2.27. The van der Waals surface area contributed by atoms with Gasteiger partial charge in [-0.1, -0.05) is 37.3 Å². The molecule has 5 nitrogen and oxygen atoms in total. The van der Waals surface area contributed by atoms with E-state index >= 15 is 0 Å². The molecule has 5 heteroatoms. The van der Waals surface area contributed by atoms with Crippen molar-refractivity contribution in [3.63, 3.8) is 0 Å². The summed E-state index contributed by atoms with van der Waals surface area (Å²) >= 11 is 0. The summed E-state index contributed by atoms with van der Waals surface area (Å²) in [7, 11) is 0. The average molecular weight is 308 g/mol. The van der Waals surface area contributed by atoms with E-state index in [0.717, 1.165) is 18.5 Å². The Labute approximate surface area is 135 Å². The second-order valence-corrected chi connectivity index (χ2v) is 6.56. The third-order valence-electron chi connectivity index (χ3n) is 4.65. The first-order chi connectivity index (χ1) is 11.2. The summed E-state index contributed by atoms with van der Waals surface area (Å²) in [6.07, 6.45) is 8.01. The van der Waals surface area contributed by atoms with Gasteiger partial charge in [-0.15, -0.1) is 0 Å². The van der Waals surface area contributed by atoms with Crippen LogP contribution in [0.2, 0.25) is 0 Å². The first-order valence-electron chi connectivity index (χ1n) is 8.09. The van der Waals surface area contributed by atoms with Crippen LogP contribution < -0.4 is 5.48 Å². The maximum atomic E-state index is 5.95. The number of benzene rings is 1. The molecule has 0 radical (unpaired) electrons. The van der Waals surface area contributed by atoms with Gasteiger partial charge in [0.15, 0.2) is 11.6 Å². The molecule has 1 N–H and O–H groups in total. The monoisotopic (exact) mass is 308 g/mol. The van der Waals surface area contributed by atoms with Crippen molar-refractivity contribution in [1.82, 2.24) is 15.4 Å². The Morgan fingerprint density at radius 1 is 1.17 bits per heavy atom. The first-order valence-corrected chi connectivity index (χ1v) is 8.09. The third kappa shape index (κ3) is 2.84. The van der Waals surface area contributed by atoms with Gasteiger partial charge in [0.05, 0.1) is 6.20 Å². The lowest BCUT2D eigenvalue weighted by Crippen LogP contribution is -2.38. The molecule has 1 aliphatic carbocycles. The van der Waals surface area contributed by atoms with Crippen molar-refractivity contribution in [3.05, 3.63) is 60.2 Å². The molecule has 118 valence electrons. The van der Waals surface area contributed by atoms with E-state index in [1.165, 1.54) is 12.0 Å². The largest absolute Gasteiger partial charge is 0.261 e. The summed E-state index contributed by atoms with van der Waals surface area (Å²) in [5.41, 5.74) is 4.57. The van der Waals surface area contributed by atoms with E-state index in [4.69, 9.17) is 9.83 Å². The van der Waals surface area contributed by atoms with E-state index in [0.29, 0.717) is 17.7 Å². The predicted octanol–water partition coefficient (Wildman–Crippen LogP) is 3.06. The van der Waals surface area contributed by atoms with Gasteiger partial charge in [0, 0.05) is 25.2 Å². The minimum atomic E-state index is -0.495. The summed E-state index contributed by atoms with van der Waals surface area (Å²) in [5.74, 6) is 1.70. The van der Waals surface area contributed by atoms with Crippen molar-refractivity contribution in [2.24, 2.45) is 10.9 Å². The van der Waals surface area contributed by atoms with Gasteiger partial charge in [0.2, 0.25) is 0 Å². The molecule has 2 heterocycles. The van der Waals surface area contributed by atoms with E-state index in [2.05, 4.69) is 52.7 Å². The number of aliphatic imine (C=N–C) groups is 1. The van der Waals surface area contributed by atoms with E-state index in [9.17, 15) is 0 Å². The number of hydrogen-bond donors (Lipinski definition) is 1. The molecule has 2 aromatic rings. The molecule has 1 aliphatic heterocycles. The fourth-order valence-electron chi connectivity index (χ4n) is 3.74. The molecule has 1 saturated carbocycles. The molecule has 1 aromatic carbocycles. The number of nitrogens with one attached hydrogen (secondary N) is 1. The highest BCUT2D eigenvalue weighted by Crippen LogP contribution is 2.45. The van der Waals surface area contributed by atoms with Crippen molar-refractivity contribution in [2.45, 2.75) is 37.8 Å². The Morgan fingerprint density at radius 2 is 2.04 bits per heavy atom. The maximum Gasteiger partial charge on any atom is 0.188 e. The van der Waals surface area contributed by atoms with Gasteiger partial charge in [-0.25, -0.2) is 20.3 Å². The van der Waals surface area contributed by atoms with Crippen LogP contribution in [0.25, 0.3) is 0 Å². The quantitative estimate of drug-likeness (QED) is 0.926. The highest BCUT2D eigenvalue weighted by Gasteiger charge is 2.44. The standard InChI is InChI=1S/C18H20N4O/c1-13-9-15(14-5-3-2-4-6-14)11-18(10-13)21-17(22-23-18)16-12-19-7-8-20-16/h2-8,12-13,15H,9-11H2,1H3,(H,21,22). The number of hydrogen-bond acceptors (Lipinski definition) is 5. The molecule has 0 saturated heterocycles. The van der Waals surface area contributed by atoms with Crippen molar-refractivity contribution in [1.29, 1.82) is 0 Å². The number of amidine groups is 1. The van der Waals surface area contributed by atoms with Crippen LogP contribution in [0.4, 0.5) is 0 Å². The molecule has 1 fully saturated rings. The zero-order valence-corrected chi connectivity index (χ0v) is 13.1. The fraction of sp³-hybridized carbons (Fsp3) is 0.389. The fourth-order valence-corrected chi connectivity index (χ4v) is 3.74. The third-order valence-corrected chi connectivity index (χ3v) is 4.65. The lowest BCUT2D eigenvalue weighted by atomic mass is 9.74. The summed E-state index contributed by atoms with van der Waals surface area (Å²) < 4.78 is 0. The van der Waals surface area contributed by atoms with Gasteiger partial charge in [0.25, 0.3) is 0 Å². The molecule has 3 atom stereocenters. The van der Waals surface area contributed by atoms with Crippen LogP contribution in [0.15, 0.2) is 53.9 Å². The molecular weight excluding hydrogens is 288 g/mol. The van der Waals surface area contributed by atoms with Crippen molar-refractivity contribution in [3.8, 4) is 0 Å². The Kier molecular flexibility index (Phi) is 3.58. The van der Waals surface area contributed by atoms with Crippen LogP contribution in [0.5, 0.6) is 0 Å². The van der Waals surface area contributed by atoms with Gasteiger partial charge < -0.3 is 0 Å². The van der Waals surface area contributed by atoms with Gasteiger partial charge in [-0.05, 0) is 23.8 Å². The first kappa shape index (κ1) is 14.3. The van der Waals surface area contributed by atoms with Gasteiger partial charge in [-0.3, -0.25) is 4.98 Å². The zero-order chi connectivity index (χ0) is 15.7. The number of hydroxylamine groups is 1. The van der Waals surface area contributed by atoms with Gasteiger partial charge in [0.1, 0.15) is 5.69 Å². The average Bonchev–Trinajstić information content (AvgIpc) is 2.99. The topological polar surface area (TPSA) is 59.4 Å². The van der Waals surface area contributed by atoms with Gasteiger partial charge in [-0.2, -0.15) is 0 Å². The van der Waals surface area contributed by atoms with E-state index in [1.54, 1.807) is 18.6 Å². The molecule has 23 heavy (non-hydrogen) atoms. The zero-order valence-electron chi connectivity index (χ0n) is 13.1. The Balaban J connectivity index is 1.62. The lowest BCUT2D eigenvalue weighted by Gasteiger charge is -2.37. The smallest absolute Gasteiger partial charge is 0.188 e. The molecule has 4 rings (SSSR count). The summed E-state index contributed by atoms with van der Waals surface area (Å²) in [4.78, 5) is 19.2. The van der Waals surface area contributed by atoms with Gasteiger partial charge >= 0.3 is 0 Å². The van der Waals surface area contributed by atoms with E-state index < -0.39 is 5.72 Å². The van der Waals surface area contributed by atoms with Crippen molar-refractivity contribution in [2.75, 3.05) is 0 Å². The van der Waals surface area contributed by atoms with Crippen molar-refractivity contribution >= 4 is 5.84 Å². The lowest BCUT2D eigenvalue weighted by molar-refractivity contribution is -0.0916. The minimum Gasteiger partial charge on any atom is -0.261 e. The predicted molar refractivity (Wildman–Crippen MR) is 87.7 cm³/mol. The molecule has 1 aromatic heterocycles. The molecule has 3 unspecified atom stereocenters. The van der Waals surface area contributed by atoms with Crippen molar-refractivity contribution < 1.29 is 4.84 Å². The van der Waals surface area contributed by atoms with Crippen LogP contribution in [0.1, 0.15) is 43.4 Å². The Bertz CT molecular complexity index is 703. The maximum absolute atomic E-state index is 5.95. The van der Waals surface area contributed by atoms with Crippen LogP contribution in [0, 0.1) is 5.92 Å². The highest BCUT2D eigenvalue weighted by molar-refractivity contribution is 5.97. The second-order valence-electron chi connectivity index (χ2n) is 6.56. The molecule has 0 amide bonds. The summed E-state index contributed by atoms with van der Waals surface area (Å²) in [5, 5.41) is 0. The number of aromatic nitrogens is 2. The van der Waals surface area contributed by atoms with Crippen LogP contribution in [0.3, 0.4) is 0 Å². The molecule has 0 bridgehead atoms. The number of nitrogens with zero attached hydrogens (tertiary/aromatic N) is 3. The van der Waals surface area contributed by atoms with E-state index in [-0.39, 0.29) is 0 Å². The normalized spacial score (nSPS) is 30.0. The second kappa shape index (κ2) is 5.74. The molecule has 1 spiro atoms. The van der Waals surface area contributed by atoms with Crippen LogP contribution >= 0.6 is 0 Å². The van der Waals surface area contributed by atoms with E-state index in [1.807, 2.05) is 0 Å². The highest BCUT2D eigenvalue weighted by atomic mass is 16.7.